The number of carbonyl (C=O) groups is 2. The highest BCUT2D eigenvalue weighted by Crippen LogP contribution is 2.47. The van der Waals surface area contributed by atoms with Crippen LogP contribution in [0.3, 0.4) is 0 Å². The van der Waals surface area contributed by atoms with Gasteiger partial charge in [-0.1, -0.05) is 256 Å². The number of unbranched alkanes of at least 4 members (excludes halogenated alkanes) is 37. The van der Waals surface area contributed by atoms with E-state index in [1.807, 2.05) is 0 Å². The third kappa shape index (κ3) is 40.5. The Balaban J connectivity index is 2.30. The maximum atomic E-state index is 12.9. The molecule has 6 atom stereocenters. The summed E-state index contributed by atoms with van der Waals surface area (Å²) in [5, 5.41) is 50.4. The van der Waals surface area contributed by atoms with Crippen LogP contribution >= 0.6 is 7.82 Å². The Bertz CT molecular complexity index is 1380. The minimum Gasteiger partial charge on any atom is -0.462 e. The summed E-state index contributed by atoms with van der Waals surface area (Å²) >= 11 is 0. The second-order valence-corrected chi connectivity index (χ2v) is 23.0. The van der Waals surface area contributed by atoms with Gasteiger partial charge in [-0.15, -0.1) is 0 Å². The molecule has 1 saturated carbocycles. The summed E-state index contributed by atoms with van der Waals surface area (Å²) in [5.41, 5.74) is 0. The second kappa shape index (κ2) is 49.6. The van der Waals surface area contributed by atoms with Crippen molar-refractivity contribution in [1.82, 2.24) is 0 Å². The number of hydrogen-bond donors (Lipinski definition) is 6. The van der Waals surface area contributed by atoms with E-state index >= 15 is 0 Å². The third-order valence-electron chi connectivity index (χ3n) is 14.5. The number of phosphoric acid groups is 1. The van der Waals surface area contributed by atoms with E-state index in [1.165, 1.54) is 193 Å². The van der Waals surface area contributed by atoms with Gasteiger partial charge in [0.25, 0.3) is 0 Å². The van der Waals surface area contributed by atoms with Crippen molar-refractivity contribution < 1.29 is 63.1 Å². The molecular weight excluding hydrogens is 960 g/mol. The highest BCUT2D eigenvalue weighted by molar-refractivity contribution is 7.47. The fraction of sp³-hybridized carbons (Fsp3) is 0.900. The van der Waals surface area contributed by atoms with Gasteiger partial charge in [0.1, 0.15) is 43.2 Å². The molecule has 1 aliphatic carbocycles. The molecule has 0 aromatic carbocycles. The first-order valence-electron chi connectivity index (χ1n) is 30.6. The van der Waals surface area contributed by atoms with E-state index in [0.29, 0.717) is 12.8 Å². The number of rotatable bonds is 53. The van der Waals surface area contributed by atoms with Gasteiger partial charge in [-0.05, 0) is 44.9 Å². The summed E-state index contributed by atoms with van der Waals surface area (Å²) in [6, 6.07) is 0. The predicted octanol–water partition coefficient (Wildman–Crippen LogP) is 14.7. The zero-order chi connectivity index (χ0) is 54.2. The summed E-state index contributed by atoms with van der Waals surface area (Å²) in [6.07, 6.45) is 46.5. The standard InChI is InChI=1S/C60H113O13P/c1-3-5-7-9-11-13-15-17-19-21-23-25-27-29-31-33-35-37-39-41-43-45-47-49-54(62)72-52(51-71-74(68,69)73-60-58(66)56(64)55(63)57(65)59(60)67)50-70-53(61)48-46-44-42-40-38-36-34-32-30-28-26-24-22-20-18-16-14-12-10-8-6-4-2/h15,17,21,23,52,55-60,63-67H,3-14,16,18-20,22,24-51H2,1-2H3,(H,68,69)/b17-15-,23-21-. The molecule has 6 N–H and O–H groups in total. The Kier molecular flexibility index (Phi) is 47.2. The van der Waals surface area contributed by atoms with Crippen molar-refractivity contribution in [2.75, 3.05) is 13.2 Å². The molecule has 0 saturated heterocycles. The first kappa shape index (κ1) is 70.3. The zero-order valence-electron chi connectivity index (χ0n) is 47.2. The van der Waals surface area contributed by atoms with Gasteiger partial charge in [0.05, 0.1) is 6.61 Å². The number of aliphatic hydroxyl groups is 5. The first-order chi connectivity index (χ1) is 35.9. The SMILES string of the molecule is CCCCCCC/C=C\C/C=C\CCCCCCCCCCCCCC(=O)OC(COC(=O)CCCCCCCCCCCCCCCCCCCCCCCC)COP(=O)(O)OC1C(O)C(O)C(O)C(O)C1O. The molecule has 0 aliphatic heterocycles. The average molecular weight is 1070 g/mol. The lowest BCUT2D eigenvalue weighted by Gasteiger charge is -2.41. The van der Waals surface area contributed by atoms with E-state index in [4.69, 9.17) is 18.5 Å². The largest absolute Gasteiger partial charge is 0.472 e. The topological polar surface area (TPSA) is 210 Å². The Labute approximate surface area is 451 Å². The molecule has 1 fully saturated rings. The maximum absolute atomic E-state index is 12.9. The van der Waals surface area contributed by atoms with Gasteiger partial charge in [0.15, 0.2) is 6.10 Å². The Morgan fingerprint density at radius 2 is 0.730 bits per heavy atom. The zero-order valence-corrected chi connectivity index (χ0v) is 48.1. The number of aliphatic hydroxyl groups excluding tert-OH is 5. The van der Waals surface area contributed by atoms with Crippen molar-refractivity contribution in [3.63, 3.8) is 0 Å². The molecule has 0 aromatic rings. The molecule has 14 heteroatoms. The minimum absolute atomic E-state index is 0.0981. The normalized spacial score (nSPS) is 20.4. The lowest BCUT2D eigenvalue weighted by Crippen LogP contribution is -2.64. The lowest BCUT2D eigenvalue weighted by molar-refractivity contribution is -0.220. The van der Waals surface area contributed by atoms with E-state index in [2.05, 4.69) is 38.2 Å². The second-order valence-electron chi connectivity index (χ2n) is 21.6. The molecule has 0 radical (unpaired) electrons. The number of carbonyl (C=O) groups excluding carboxylic acids is 2. The molecule has 0 spiro atoms. The van der Waals surface area contributed by atoms with Crippen LogP contribution in [0.5, 0.6) is 0 Å². The Hall–Kier alpha value is -1.67. The van der Waals surface area contributed by atoms with Crippen LogP contribution in [-0.2, 0) is 32.7 Å². The van der Waals surface area contributed by atoms with E-state index < -0.39 is 75.7 Å². The number of esters is 2. The van der Waals surface area contributed by atoms with Gasteiger partial charge in [0.2, 0.25) is 0 Å². The van der Waals surface area contributed by atoms with Gasteiger partial charge in [0, 0.05) is 12.8 Å². The monoisotopic (exact) mass is 1070 g/mol. The Morgan fingerprint density at radius 3 is 1.09 bits per heavy atom. The average Bonchev–Trinajstić information content (AvgIpc) is 3.38. The molecule has 0 amide bonds. The summed E-state index contributed by atoms with van der Waals surface area (Å²) in [7, 11) is -5.13. The van der Waals surface area contributed by atoms with Crippen LogP contribution in [0.2, 0.25) is 0 Å². The molecule has 0 heterocycles. The van der Waals surface area contributed by atoms with Crippen molar-refractivity contribution in [3.05, 3.63) is 24.3 Å². The van der Waals surface area contributed by atoms with Crippen LogP contribution in [0.25, 0.3) is 0 Å². The number of ether oxygens (including phenoxy) is 2. The molecule has 0 bridgehead atoms. The smallest absolute Gasteiger partial charge is 0.462 e. The van der Waals surface area contributed by atoms with Gasteiger partial charge in [-0.3, -0.25) is 18.6 Å². The summed E-state index contributed by atoms with van der Waals surface area (Å²) in [6.45, 7) is 3.36. The van der Waals surface area contributed by atoms with E-state index in [0.717, 1.165) is 57.8 Å². The van der Waals surface area contributed by atoms with Crippen molar-refractivity contribution in [3.8, 4) is 0 Å². The van der Waals surface area contributed by atoms with Crippen LogP contribution < -0.4 is 0 Å². The van der Waals surface area contributed by atoms with Gasteiger partial charge >= 0.3 is 19.8 Å². The lowest BCUT2D eigenvalue weighted by atomic mass is 9.85. The van der Waals surface area contributed by atoms with Crippen molar-refractivity contribution in [2.45, 2.75) is 333 Å². The van der Waals surface area contributed by atoms with Crippen LogP contribution in [-0.4, -0.2) is 98.3 Å². The van der Waals surface area contributed by atoms with Gasteiger partial charge in [-0.25, -0.2) is 4.57 Å². The van der Waals surface area contributed by atoms with Crippen LogP contribution in [0.15, 0.2) is 24.3 Å². The summed E-state index contributed by atoms with van der Waals surface area (Å²) < 4.78 is 33.8. The van der Waals surface area contributed by atoms with E-state index in [9.17, 15) is 44.6 Å². The van der Waals surface area contributed by atoms with Gasteiger partial charge < -0.3 is 39.9 Å². The first-order valence-corrected chi connectivity index (χ1v) is 32.1. The number of allylic oxidation sites excluding steroid dienone is 4. The fourth-order valence-corrected chi connectivity index (χ4v) is 10.6. The van der Waals surface area contributed by atoms with Crippen molar-refractivity contribution >= 4 is 19.8 Å². The Morgan fingerprint density at radius 1 is 0.419 bits per heavy atom. The van der Waals surface area contributed by atoms with E-state index in [-0.39, 0.29) is 12.8 Å². The van der Waals surface area contributed by atoms with Crippen LogP contribution in [0.4, 0.5) is 0 Å². The van der Waals surface area contributed by atoms with E-state index in [1.54, 1.807) is 0 Å². The van der Waals surface area contributed by atoms with Crippen molar-refractivity contribution in [2.24, 2.45) is 0 Å². The molecular formula is C60H113O13P. The molecule has 74 heavy (non-hydrogen) atoms. The summed E-state index contributed by atoms with van der Waals surface area (Å²) in [5.74, 6) is -1.08. The quantitative estimate of drug-likeness (QED) is 0.0145. The minimum atomic E-state index is -5.13. The third-order valence-corrected chi connectivity index (χ3v) is 15.5. The molecule has 13 nitrogen and oxygen atoms in total. The molecule has 0 aromatic heterocycles. The number of hydrogen-bond acceptors (Lipinski definition) is 12. The predicted molar refractivity (Wildman–Crippen MR) is 300 cm³/mol. The van der Waals surface area contributed by atoms with Crippen LogP contribution in [0.1, 0.15) is 290 Å². The molecule has 1 rings (SSSR count). The number of phosphoric ester groups is 1. The highest BCUT2D eigenvalue weighted by Gasteiger charge is 2.51. The highest BCUT2D eigenvalue weighted by atomic mass is 31.2. The maximum Gasteiger partial charge on any atom is 0.472 e. The fourth-order valence-electron chi connectivity index (χ4n) is 9.68. The molecule has 436 valence electrons. The van der Waals surface area contributed by atoms with Crippen LogP contribution in [0, 0.1) is 0 Å². The summed E-state index contributed by atoms with van der Waals surface area (Å²) in [4.78, 5) is 36.0. The van der Waals surface area contributed by atoms with Crippen molar-refractivity contribution in [1.29, 1.82) is 0 Å². The molecule has 1 aliphatic rings. The molecule has 6 unspecified atom stereocenters. The van der Waals surface area contributed by atoms with Gasteiger partial charge in [-0.2, -0.15) is 0 Å².